The minimum absolute atomic E-state index is 0.222. The van der Waals surface area contributed by atoms with Crippen molar-refractivity contribution in [1.29, 1.82) is 0 Å². The third-order valence-electron chi connectivity index (χ3n) is 3.11. The largest absolute Gasteiger partial charge is 0.360 e. The van der Waals surface area contributed by atoms with Gasteiger partial charge in [-0.1, -0.05) is 47.7 Å². The van der Waals surface area contributed by atoms with Crippen molar-refractivity contribution in [3.63, 3.8) is 0 Å². The minimum atomic E-state index is -0.222. The van der Waals surface area contributed by atoms with Crippen molar-refractivity contribution in [1.82, 2.24) is 10.2 Å². The third kappa shape index (κ3) is 5.00. The Morgan fingerprint density at radius 2 is 1.92 bits per heavy atom. The van der Waals surface area contributed by atoms with Gasteiger partial charge in [-0.2, -0.15) is 0 Å². The molecular weight excluding hydrogens is 340 g/mol. The topological polar surface area (TPSA) is 66.9 Å². The van der Waals surface area contributed by atoms with Crippen molar-refractivity contribution in [2.24, 2.45) is 0 Å². The van der Waals surface area contributed by atoms with Gasteiger partial charge in [-0.3, -0.25) is 10.1 Å². The fraction of sp³-hybridized carbons (Fsp3) is 0.118. The molecule has 5 nitrogen and oxygen atoms in total. The van der Waals surface area contributed by atoms with Crippen LogP contribution in [0.2, 0.25) is 0 Å². The highest BCUT2D eigenvalue weighted by atomic mass is 32.1. The van der Waals surface area contributed by atoms with Gasteiger partial charge < -0.3 is 5.32 Å². The molecule has 24 heavy (non-hydrogen) atoms. The van der Waals surface area contributed by atoms with Crippen molar-refractivity contribution in [3.8, 4) is 0 Å². The number of rotatable bonds is 7. The summed E-state index contributed by atoms with van der Waals surface area (Å²) in [7, 11) is 0. The number of amides is 1. The monoisotopic (exact) mass is 356 g/mol. The molecule has 1 amide bonds. The number of benzene rings is 1. The molecule has 0 aliphatic heterocycles. The average molecular weight is 356 g/mol. The maximum Gasteiger partial charge on any atom is 0.250 e. The van der Waals surface area contributed by atoms with E-state index in [0.717, 1.165) is 18.5 Å². The van der Waals surface area contributed by atoms with Gasteiger partial charge in [0.05, 0.1) is 0 Å². The van der Waals surface area contributed by atoms with Crippen LogP contribution >= 0.6 is 22.7 Å². The number of anilines is 2. The Kier molecular flexibility index (Phi) is 5.70. The maximum absolute atomic E-state index is 11.9. The number of nitrogens with zero attached hydrogens (tertiary/aromatic N) is 2. The average Bonchev–Trinajstić information content (AvgIpc) is 3.26. The van der Waals surface area contributed by atoms with Crippen LogP contribution in [0.25, 0.3) is 6.08 Å². The van der Waals surface area contributed by atoms with Crippen LogP contribution in [0.4, 0.5) is 10.3 Å². The van der Waals surface area contributed by atoms with Crippen LogP contribution in [-0.4, -0.2) is 22.6 Å². The van der Waals surface area contributed by atoms with Gasteiger partial charge in [0, 0.05) is 17.5 Å². The highest BCUT2D eigenvalue weighted by Gasteiger charge is 2.06. The molecule has 0 spiro atoms. The van der Waals surface area contributed by atoms with Crippen LogP contribution in [0.5, 0.6) is 0 Å². The van der Waals surface area contributed by atoms with Gasteiger partial charge in [-0.15, -0.1) is 21.5 Å². The van der Waals surface area contributed by atoms with Gasteiger partial charge in [-0.05, 0) is 29.5 Å². The predicted octanol–water partition coefficient (Wildman–Crippen LogP) is 3.91. The van der Waals surface area contributed by atoms with E-state index in [2.05, 4.69) is 32.3 Å². The van der Waals surface area contributed by atoms with Crippen LogP contribution in [-0.2, 0) is 11.2 Å². The molecule has 2 aromatic heterocycles. The smallest absolute Gasteiger partial charge is 0.250 e. The molecule has 1 aromatic carbocycles. The summed E-state index contributed by atoms with van der Waals surface area (Å²) in [4.78, 5) is 13.2. The molecule has 0 saturated heterocycles. The Bertz CT molecular complexity index is 797. The summed E-state index contributed by atoms with van der Waals surface area (Å²) < 4.78 is 0. The van der Waals surface area contributed by atoms with Gasteiger partial charge in [0.2, 0.25) is 16.2 Å². The summed E-state index contributed by atoms with van der Waals surface area (Å²) in [6, 6.07) is 13.8. The van der Waals surface area contributed by atoms with E-state index in [4.69, 9.17) is 0 Å². The zero-order valence-electron chi connectivity index (χ0n) is 12.8. The molecule has 0 unspecified atom stereocenters. The van der Waals surface area contributed by atoms with E-state index in [1.165, 1.54) is 22.3 Å². The number of thiophene rings is 1. The molecule has 3 rings (SSSR count). The number of aromatic nitrogens is 2. The lowest BCUT2D eigenvalue weighted by Gasteiger charge is -1.99. The van der Waals surface area contributed by atoms with Crippen LogP contribution in [0, 0.1) is 0 Å². The molecule has 7 heteroatoms. The summed E-state index contributed by atoms with van der Waals surface area (Å²) in [5.74, 6) is -0.222. The van der Waals surface area contributed by atoms with Gasteiger partial charge in [0.25, 0.3) is 0 Å². The van der Waals surface area contributed by atoms with E-state index in [9.17, 15) is 4.79 Å². The van der Waals surface area contributed by atoms with Crippen LogP contribution < -0.4 is 10.6 Å². The molecule has 0 radical (unpaired) electrons. The summed E-state index contributed by atoms with van der Waals surface area (Å²) >= 11 is 3.06. The highest BCUT2D eigenvalue weighted by molar-refractivity contribution is 7.19. The molecule has 0 bridgehead atoms. The first-order chi connectivity index (χ1) is 11.8. The van der Waals surface area contributed by atoms with E-state index in [-0.39, 0.29) is 5.91 Å². The molecule has 0 atom stereocenters. The maximum atomic E-state index is 11.9. The quantitative estimate of drug-likeness (QED) is 0.630. The molecule has 2 heterocycles. The van der Waals surface area contributed by atoms with Crippen molar-refractivity contribution in [2.75, 3.05) is 17.2 Å². The van der Waals surface area contributed by atoms with Gasteiger partial charge in [0.1, 0.15) is 0 Å². The Labute approximate surface area is 148 Å². The molecule has 2 N–H and O–H groups in total. The summed E-state index contributed by atoms with van der Waals surface area (Å²) in [6.45, 7) is 0.789. The van der Waals surface area contributed by atoms with Crippen molar-refractivity contribution in [2.45, 2.75) is 6.42 Å². The van der Waals surface area contributed by atoms with Crippen molar-refractivity contribution >= 4 is 44.9 Å². The second-order valence-corrected chi connectivity index (χ2v) is 6.91. The first-order valence-electron chi connectivity index (χ1n) is 7.43. The third-order valence-corrected chi connectivity index (χ3v) is 4.84. The molecule has 0 aliphatic carbocycles. The number of carbonyl (C=O) groups excluding carboxylic acids is 1. The normalized spacial score (nSPS) is 10.8. The van der Waals surface area contributed by atoms with Gasteiger partial charge in [-0.25, -0.2) is 0 Å². The summed E-state index contributed by atoms with van der Waals surface area (Å²) in [5, 5.41) is 17.2. The van der Waals surface area contributed by atoms with E-state index < -0.39 is 0 Å². The first-order valence-corrected chi connectivity index (χ1v) is 9.13. The predicted molar refractivity (Wildman–Crippen MR) is 101 cm³/mol. The lowest BCUT2D eigenvalue weighted by Crippen LogP contribution is -2.07. The Hall–Kier alpha value is -2.51. The number of nitrogens with one attached hydrogen (secondary N) is 2. The molecule has 0 aliphatic rings. The van der Waals surface area contributed by atoms with Crippen molar-refractivity contribution in [3.05, 3.63) is 64.4 Å². The number of hydrogen-bond acceptors (Lipinski definition) is 6. The van der Waals surface area contributed by atoms with Crippen LogP contribution in [0.1, 0.15) is 10.4 Å². The highest BCUT2D eigenvalue weighted by Crippen LogP contribution is 2.20. The standard InChI is InChI=1S/C17H16N4OS2/c22-15(9-8-13-5-2-1-3-6-13)19-17-21-20-16(24-17)18-11-10-14-7-4-12-23-14/h1-9,12H,10-11H2,(H,18,20)(H,19,21,22)/b9-8+. The van der Waals surface area contributed by atoms with Crippen LogP contribution in [0.3, 0.4) is 0 Å². The Balaban J connectivity index is 1.46. The molecular formula is C17H16N4OS2. The number of carbonyl (C=O) groups is 1. The second-order valence-electron chi connectivity index (χ2n) is 4.90. The summed E-state index contributed by atoms with van der Waals surface area (Å²) in [6.07, 6.45) is 4.19. The minimum Gasteiger partial charge on any atom is -0.360 e. The lowest BCUT2D eigenvalue weighted by molar-refractivity contribution is -0.111. The Morgan fingerprint density at radius 3 is 2.71 bits per heavy atom. The van der Waals surface area contributed by atoms with Crippen molar-refractivity contribution < 1.29 is 4.79 Å². The Morgan fingerprint density at radius 1 is 1.08 bits per heavy atom. The molecule has 0 fully saturated rings. The van der Waals surface area contributed by atoms with Crippen LogP contribution in [0.15, 0.2) is 53.9 Å². The van der Waals surface area contributed by atoms with E-state index in [0.29, 0.717) is 10.3 Å². The van der Waals surface area contributed by atoms with E-state index in [1.54, 1.807) is 17.4 Å². The second kappa shape index (κ2) is 8.37. The SMILES string of the molecule is O=C(/C=C/c1ccccc1)Nc1nnc(NCCc2cccs2)s1. The zero-order valence-corrected chi connectivity index (χ0v) is 14.4. The zero-order chi connectivity index (χ0) is 16.6. The summed E-state index contributed by atoms with van der Waals surface area (Å²) in [5.41, 5.74) is 0.973. The lowest BCUT2D eigenvalue weighted by atomic mass is 10.2. The molecule has 122 valence electrons. The van der Waals surface area contributed by atoms with Gasteiger partial charge in [0.15, 0.2) is 0 Å². The van der Waals surface area contributed by atoms with Gasteiger partial charge >= 0.3 is 0 Å². The fourth-order valence-corrected chi connectivity index (χ4v) is 3.36. The molecule has 0 saturated carbocycles. The number of hydrogen-bond donors (Lipinski definition) is 2. The molecule has 3 aromatic rings. The first kappa shape index (κ1) is 16.4. The fourth-order valence-electron chi connectivity index (χ4n) is 1.98. The van der Waals surface area contributed by atoms with E-state index in [1.807, 2.05) is 36.4 Å². The van der Waals surface area contributed by atoms with E-state index >= 15 is 0 Å².